The summed E-state index contributed by atoms with van der Waals surface area (Å²) in [6.07, 6.45) is -3.37. The average Bonchev–Trinajstić information content (AvgIpc) is 2.31. The van der Waals surface area contributed by atoms with E-state index in [4.69, 9.17) is 27.9 Å². The summed E-state index contributed by atoms with van der Waals surface area (Å²) >= 11 is 10.7. The minimum absolute atomic E-state index is 0.00255. The lowest BCUT2D eigenvalue weighted by atomic mass is 10.1. The van der Waals surface area contributed by atoms with Gasteiger partial charge in [0.2, 0.25) is 5.79 Å². The Hall–Kier alpha value is 0.420. The maximum atomic E-state index is 9.42. The third-order valence-electron chi connectivity index (χ3n) is 1.87. The molecule has 12 heavy (non-hydrogen) atoms. The Balaban J connectivity index is 2.72. The molecule has 3 N–H and O–H groups in total. The Kier molecular flexibility index (Phi) is 3.20. The van der Waals surface area contributed by atoms with Crippen molar-refractivity contribution in [3.8, 4) is 0 Å². The van der Waals surface area contributed by atoms with Gasteiger partial charge in [-0.2, -0.15) is 0 Å². The van der Waals surface area contributed by atoms with Crippen LogP contribution in [0.15, 0.2) is 0 Å². The summed E-state index contributed by atoms with van der Waals surface area (Å²) in [5.74, 6) is -2.18. The number of aliphatic hydroxyl groups excluding tert-OH is 2. The second-order valence-electron chi connectivity index (χ2n) is 2.72. The van der Waals surface area contributed by atoms with Crippen LogP contribution in [0, 0.1) is 0 Å². The first-order valence-electron chi connectivity index (χ1n) is 3.43. The van der Waals surface area contributed by atoms with Crippen molar-refractivity contribution in [1.29, 1.82) is 0 Å². The van der Waals surface area contributed by atoms with E-state index < -0.39 is 24.1 Å². The fourth-order valence-electron chi connectivity index (χ4n) is 1.11. The molecule has 0 spiro atoms. The van der Waals surface area contributed by atoms with Crippen LogP contribution >= 0.6 is 23.2 Å². The lowest BCUT2D eigenvalue weighted by Crippen LogP contribution is -2.44. The van der Waals surface area contributed by atoms with E-state index in [1.54, 1.807) is 0 Å². The zero-order valence-corrected chi connectivity index (χ0v) is 7.66. The van der Waals surface area contributed by atoms with Crippen molar-refractivity contribution < 1.29 is 20.1 Å². The summed E-state index contributed by atoms with van der Waals surface area (Å²) in [5.41, 5.74) is 0. The quantitative estimate of drug-likeness (QED) is 0.533. The van der Waals surface area contributed by atoms with Gasteiger partial charge in [0.25, 0.3) is 0 Å². The molecule has 1 fully saturated rings. The highest BCUT2D eigenvalue weighted by atomic mass is 35.5. The van der Waals surface area contributed by atoms with E-state index in [9.17, 15) is 15.3 Å². The summed E-state index contributed by atoms with van der Waals surface area (Å²) in [6, 6.07) is 0. The topological polar surface area (TPSA) is 69.9 Å². The van der Waals surface area contributed by atoms with Crippen molar-refractivity contribution in [2.75, 3.05) is 11.8 Å². The van der Waals surface area contributed by atoms with Crippen LogP contribution in [0.1, 0.15) is 0 Å². The van der Waals surface area contributed by atoms with Crippen LogP contribution in [0.4, 0.5) is 0 Å². The van der Waals surface area contributed by atoms with Gasteiger partial charge in [0, 0.05) is 0 Å². The molecule has 0 saturated carbocycles. The van der Waals surface area contributed by atoms with Crippen molar-refractivity contribution in [2.45, 2.75) is 24.1 Å². The summed E-state index contributed by atoms with van der Waals surface area (Å²) < 4.78 is 4.86. The SMILES string of the molecule is O[C@@H]1[C@@H](CCl)OC(O)(CCl)[C@H]1O. The van der Waals surface area contributed by atoms with Gasteiger partial charge in [0.15, 0.2) is 0 Å². The summed E-state index contributed by atoms with van der Waals surface area (Å²) in [7, 11) is 0. The number of alkyl halides is 2. The van der Waals surface area contributed by atoms with Crippen molar-refractivity contribution in [3.63, 3.8) is 0 Å². The van der Waals surface area contributed by atoms with Gasteiger partial charge in [-0.3, -0.25) is 0 Å². The third kappa shape index (κ3) is 1.55. The summed E-state index contributed by atoms with van der Waals surface area (Å²) in [5, 5.41) is 27.9. The van der Waals surface area contributed by atoms with Gasteiger partial charge in [-0.1, -0.05) is 0 Å². The first-order chi connectivity index (χ1) is 5.55. The predicted octanol–water partition coefficient (Wildman–Crippen LogP) is -0.727. The second-order valence-corrected chi connectivity index (χ2v) is 3.30. The standard InChI is InChI=1S/C6H10Cl2O4/c7-1-3-4(9)5(10)6(11,2-8)12-3/h3-5,9-11H,1-2H2/t3-,4-,5+,6?/m1/s1. The number of aliphatic hydroxyl groups is 3. The lowest BCUT2D eigenvalue weighted by molar-refractivity contribution is -0.209. The highest BCUT2D eigenvalue weighted by Gasteiger charge is 2.52. The largest absolute Gasteiger partial charge is 0.387 e. The lowest BCUT2D eigenvalue weighted by Gasteiger charge is -2.22. The Morgan fingerprint density at radius 1 is 1.33 bits per heavy atom. The van der Waals surface area contributed by atoms with E-state index in [-0.39, 0.29) is 11.8 Å². The summed E-state index contributed by atoms with van der Waals surface area (Å²) in [6.45, 7) is 0. The van der Waals surface area contributed by atoms with Crippen LogP contribution in [-0.4, -0.2) is 51.2 Å². The molecule has 0 bridgehead atoms. The molecule has 0 aromatic rings. The molecule has 0 aliphatic carbocycles. The van der Waals surface area contributed by atoms with Crippen LogP contribution in [0.5, 0.6) is 0 Å². The molecule has 1 heterocycles. The minimum Gasteiger partial charge on any atom is -0.387 e. The molecular formula is C6H10Cl2O4. The van der Waals surface area contributed by atoms with Crippen LogP contribution in [0.3, 0.4) is 0 Å². The molecule has 4 atom stereocenters. The van der Waals surface area contributed by atoms with Crippen LogP contribution in [0.2, 0.25) is 0 Å². The number of ether oxygens (including phenoxy) is 1. The van der Waals surface area contributed by atoms with Gasteiger partial charge in [0.05, 0.1) is 11.8 Å². The smallest absolute Gasteiger partial charge is 0.209 e. The van der Waals surface area contributed by atoms with E-state index in [0.29, 0.717) is 0 Å². The number of hydrogen-bond acceptors (Lipinski definition) is 4. The van der Waals surface area contributed by atoms with E-state index in [1.165, 1.54) is 0 Å². The van der Waals surface area contributed by atoms with E-state index >= 15 is 0 Å². The molecule has 1 saturated heterocycles. The highest BCUT2D eigenvalue weighted by molar-refractivity contribution is 6.19. The van der Waals surface area contributed by atoms with Crippen LogP contribution in [0.25, 0.3) is 0 Å². The van der Waals surface area contributed by atoms with Gasteiger partial charge >= 0.3 is 0 Å². The minimum atomic E-state index is -1.87. The van der Waals surface area contributed by atoms with Crippen LogP contribution < -0.4 is 0 Å². The van der Waals surface area contributed by atoms with Gasteiger partial charge < -0.3 is 20.1 Å². The zero-order valence-electron chi connectivity index (χ0n) is 6.15. The molecule has 0 aromatic heterocycles. The summed E-state index contributed by atoms with van der Waals surface area (Å²) in [4.78, 5) is 0. The second kappa shape index (κ2) is 3.65. The molecule has 72 valence electrons. The predicted molar refractivity (Wildman–Crippen MR) is 43.3 cm³/mol. The average molecular weight is 217 g/mol. The Labute approximate surface area is 79.7 Å². The van der Waals surface area contributed by atoms with Gasteiger partial charge in [-0.15, -0.1) is 23.2 Å². The first-order valence-corrected chi connectivity index (χ1v) is 4.50. The number of halogens is 2. The van der Waals surface area contributed by atoms with Crippen molar-refractivity contribution in [3.05, 3.63) is 0 Å². The fourth-order valence-corrected chi connectivity index (χ4v) is 1.57. The molecule has 1 rings (SSSR count). The van der Waals surface area contributed by atoms with Gasteiger partial charge in [-0.25, -0.2) is 0 Å². The zero-order chi connectivity index (χ0) is 9.35. The third-order valence-corrected chi connectivity index (χ3v) is 2.55. The Morgan fingerprint density at radius 3 is 2.17 bits per heavy atom. The molecule has 6 heteroatoms. The molecule has 1 aliphatic rings. The maximum absolute atomic E-state index is 9.42. The van der Waals surface area contributed by atoms with Crippen molar-refractivity contribution in [2.24, 2.45) is 0 Å². The van der Waals surface area contributed by atoms with Crippen molar-refractivity contribution in [1.82, 2.24) is 0 Å². The monoisotopic (exact) mass is 216 g/mol. The molecular weight excluding hydrogens is 207 g/mol. The first kappa shape index (κ1) is 10.5. The molecule has 1 aliphatic heterocycles. The van der Waals surface area contributed by atoms with Gasteiger partial charge in [0.1, 0.15) is 18.3 Å². The van der Waals surface area contributed by atoms with E-state index in [2.05, 4.69) is 0 Å². The molecule has 0 amide bonds. The van der Waals surface area contributed by atoms with Crippen LogP contribution in [-0.2, 0) is 4.74 Å². The molecule has 0 aromatic carbocycles. The van der Waals surface area contributed by atoms with Gasteiger partial charge in [-0.05, 0) is 0 Å². The number of hydrogen-bond donors (Lipinski definition) is 3. The van der Waals surface area contributed by atoms with E-state index in [0.717, 1.165) is 0 Å². The highest BCUT2D eigenvalue weighted by Crippen LogP contribution is 2.30. The maximum Gasteiger partial charge on any atom is 0.209 e. The normalized spacial score (nSPS) is 48.2. The fraction of sp³-hybridized carbons (Fsp3) is 1.00. The number of rotatable bonds is 2. The molecule has 0 radical (unpaired) electrons. The van der Waals surface area contributed by atoms with E-state index in [1.807, 2.05) is 0 Å². The Bertz CT molecular complexity index is 168. The van der Waals surface area contributed by atoms with Crippen molar-refractivity contribution >= 4 is 23.2 Å². The molecule has 1 unspecified atom stereocenters. The Morgan fingerprint density at radius 2 is 1.92 bits per heavy atom. The molecule has 4 nitrogen and oxygen atoms in total.